The molecule has 7 heteroatoms. The van der Waals surface area contributed by atoms with Crippen molar-refractivity contribution in [2.75, 3.05) is 42.7 Å². The summed E-state index contributed by atoms with van der Waals surface area (Å²) in [5.41, 5.74) is 6.43. The summed E-state index contributed by atoms with van der Waals surface area (Å²) in [4.78, 5) is 20.0. The molecular formula is C14H23N5O2. The number of carbonyl (C=O) groups is 1. The lowest BCUT2D eigenvalue weighted by atomic mass is 10.3. The molecule has 0 radical (unpaired) electrons. The number of nitrogens with zero attached hydrogens (tertiary/aromatic N) is 3. The molecule has 2 heterocycles. The Morgan fingerprint density at radius 2 is 2.38 bits per heavy atom. The van der Waals surface area contributed by atoms with Crippen molar-refractivity contribution in [1.82, 2.24) is 9.88 Å². The Labute approximate surface area is 124 Å². The number of nitrogens with one attached hydrogen (secondary N) is 1. The third-order valence-electron chi connectivity index (χ3n) is 3.78. The Morgan fingerprint density at radius 3 is 3.05 bits per heavy atom. The average molecular weight is 293 g/mol. The maximum absolute atomic E-state index is 11.6. The van der Waals surface area contributed by atoms with Crippen molar-refractivity contribution in [2.24, 2.45) is 0 Å². The van der Waals surface area contributed by atoms with Gasteiger partial charge in [0.25, 0.3) is 0 Å². The highest BCUT2D eigenvalue weighted by molar-refractivity contribution is 5.74. The summed E-state index contributed by atoms with van der Waals surface area (Å²) < 4.78 is 0. The van der Waals surface area contributed by atoms with Crippen molar-refractivity contribution in [2.45, 2.75) is 25.9 Å². The van der Waals surface area contributed by atoms with Crippen LogP contribution in [0.4, 0.5) is 17.3 Å². The van der Waals surface area contributed by atoms with Crippen LogP contribution in [0.2, 0.25) is 0 Å². The van der Waals surface area contributed by atoms with E-state index in [-0.39, 0.29) is 18.7 Å². The fraction of sp³-hybridized carbons (Fsp3) is 0.571. The van der Waals surface area contributed by atoms with E-state index in [1.54, 1.807) is 17.9 Å². The lowest BCUT2D eigenvalue weighted by Crippen LogP contribution is -2.45. The molecule has 1 amide bonds. The molecule has 2 rings (SSSR count). The molecule has 21 heavy (non-hydrogen) atoms. The summed E-state index contributed by atoms with van der Waals surface area (Å²) in [6.45, 7) is 2.85. The number of nitrogen functional groups attached to an aromatic ring is 1. The Balaban J connectivity index is 2.22. The van der Waals surface area contributed by atoms with Gasteiger partial charge in [-0.1, -0.05) is 0 Å². The molecule has 1 aromatic rings. The second-order valence-corrected chi connectivity index (χ2v) is 5.20. The number of aromatic nitrogens is 1. The maximum Gasteiger partial charge on any atom is 0.220 e. The quantitative estimate of drug-likeness (QED) is 0.730. The van der Waals surface area contributed by atoms with E-state index in [1.807, 2.05) is 13.1 Å². The third kappa shape index (κ3) is 3.36. The first-order chi connectivity index (χ1) is 10.0. The second kappa shape index (κ2) is 6.62. The Kier molecular flexibility index (Phi) is 4.85. The van der Waals surface area contributed by atoms with Crippen LogP contribution in [0, 0.1) is 0 Å². The number of hydrogen-bond donors (Lipinski definition) is 3. The van der Waals surface area contributed by atoms with E-state index in [2.05, 4.69) is 15.2 Å². The van der Waals surface area contributed by atoms with Crippen molar-refractivity contribution < 1.29 is 9.90 Å². The smallest absolute Gasteiger partial charge is 0.220 e. The van der Waals surface area contributed by atoms with Crippen LogP contribution in [0.3, 0.4) is 0 Å². The number of aliphatic hydroxyl groups excluding tert-OH is 1. The van der Waals surface area contributed by atoms with Crippen LogP contribution in [-0.4, -0.2) is 53.8 Å². The number of amides is 1. The highest BCUT2D eigenvalue weighted by atomic mass is 16.3. The van der Waals surface area contributed by atoms with Crippen molar-refractivity contribution >= 4 is 23.2 Å². The first-order valence-electron chi connectivity index (χ1n) is 7.16. The van der Waals surface area contributed by atoms with Gasteiger partial charge in [0.15, 0.2) is 5.82 Å². The van der Waals surface area contributed by atoms with E-state index in [0.717, 1.165) is 25.2 Å². The first kappa shape index (κ1) is 15.4. The van der Waals surface area contributed by atoms with Crippen molar-refractivity contribution in [3.05, 3.63) is 12.1 Å². The van der Waals surface area contributed by atoms with Crippen LogP contribution in [0.15, 0.2) is 12.1 Å². The minimum absolute atomic E-state index is 0.0186. The molecular weight excluding hydrogens is 270 g/mol. The largest absolute Gasteiger partial charge is 0.396 e. The summed E-state index contributed by atoms with van der Waals surface area (Å²) in [5.74, 6) is 1.40. The van der Waals surface area contributed by atoms with E-state index in [1.165, 1.54) is 0 Å². The van der Waals surface area contributed by atoms with E-state index in [0.29, 0.717) is 18.1 Å². The topological polar surface area (TPSA) is 94.7 Å². The molecule has 1 aromatic heterocycles. The molecule has 4 N–H and O–H groups in total. The average Bonchev–Trinajstić information content (AvgIpc) is 2.94. The Hall–Kier alpha value is -2.02. The van der Waals surface area contributed by atoms with Gasteiger partial charge in [0.05, 0.1) is 12.3 Å². The van der Waals surface area contributed by atoms with Crippen LogP contribution >= 0.6 is 0 Å². The van der Waals surface area contributed by atoms with E-state index >= 15 is 0 Å². The minimum Gasteiger partial charge on any atom is -0.396 e. The number of nitrogens with two attached hydrogens (primary N) is 1. The van der Waals surface area contributed by atoms with Crippen LogP contribution in [0.1, 0.15) is 19.8 Å². The van der Waals surface area contributed by atoms with E-state index in [4.69, 9.17) is 10.8 Å². The monoisotopic (exact) mass is 293 g/mol. The molecule has 1 atom stereocenters. The summed E-state index contributed by atoms with van der Waals surface area (Å²) in [6.07, 6.45) is 1.99. The van der Waals surface area contributed by atoms with Gasteiger partial charge in [-0.15, -0.1) is 0 Å². The van der Waals surface area contributed by atoms with Crippen molar-refractivity contribution in [3.8, 4) is 0 Å². The van der Waals surface area contributed by atoms with Gasteiger partial charge in [0, 0.05) is 27.1 Å². The molecule has 1 aliphatic rings. The summed E-state index contributed by atoms with van der Waals surface area (Å²) in [7, 11) is 1.81. The van der Waals surface area contributed by atoms with Crippen LogP contribution in [0.5, 0.6) is 0 Å². The van der Waals surface area contributed by atoms with Crippen LogP contribution in [0.25, 0.3) is 0 Å². The zero-order valence-corrected chi connectivity index (χ0v) is 12.5. The molecule has 116 valence electrons. The molecule has 1 saturated heterocycles. The number of pyridine rings is 1. The number of anilines is 3. The van der Waals surface area contributed by atoms with Gasteiger partial charge in [0.1, 0.15) is 12.0 Å². The summed E-state index contributed by atoms with van der Waals surface area (Å²) >= 11 is 0. The number of aliphatic hydroxyl groups is 1. The van der Waals surface area contributed by atoms with E-state index in [9.17, 15) is 4.79 Å². The molecule has 7 nitrogen and oxygen atoms in total. The van der Waals surface area contributed by atoms with E-state index < -0.39 is 0 Å². The lowest BCUT2D eigenvalue weighted by molar-refractivity contribution is -0.129. The summed E-state index contributed by atoms with van der Waals surface area (Å²) in [6, 6.07) is 3.66. The molecule has 1 fully saturated rings. The SMILES string of the molecule is CC(=O)N(C)C1CCCN1c1ccc(N)c(NCCO)n1. The Morgan fingerprint density at radius 1 is 1.62 bits per heavy atom. The first-order valence-corrected chi connectivity index (χ1v) is 7.16. The van der Waals surface area contributed by atoms with Gasteiger partial charge < -0.3 is 26.0 Å². The Bertz CT molecular complexity index is 508. The van der Waals surface area contributed by atoms with Gasteiger partial charge in [-0.25, -0.2) is 4.98 Å². The zero-order chi connectivity index (χ0) is 15.4. The molecule has 1 aliphatic heterocycles. The molecule has 0 aliphatic carbocycles. The fourth-order valence-electron chi connectivity index (χ4n) is 2.56. The van der Waals surface area contributed by atoms with Crippen molar-refractivity contribution in [3.63, 3.8) is 0 Å². The van der Waals surface area contributed by atoms with Gasteiger partial charge in [-0.2, -0.15) is 0 Å². The predicted octanol–water partition coefficient (Wildman–Crippen LogP) is 0.473. The third-order valence-corrected chi connectivity index (χ3v) is 3.78. The number of carbonyl (C=O) groups excluding carboxylic acids is 1. The number of rotatable bonds is 5. The number of hydrogen-bond acceptors (Lipinski definition) is 6. The second-order valence-electron chi connectivity index (χ2n) is 5.20. The molecule has 0 spiro atoms. The lowest BCUT2D eigenvalue weighted by Gasteiger charge is -2.32. The zero-order valence-electron chi connectivity index (χ0n) is 12.5. The van der Waals surface area contributed by atoms with Crippen LogP contribution in [-0.2, 0) is 4.79 Å². The van der Waals surface area contributed by atoms with Crippen LogP contribution < -0.4 is 16.0 Å². The standard InChI is InChI=1S/C14H23N5O2/c1-10(21)18(2)13-4-3-8-19(13)12-6-5-11(15)14(17-12)16-7-9-20/h5-6,13,20H,3-4,7-9,15H2,1-2H3,(H,16,17). The van der Waals surface area contributed by atoms with Crippen molar-refractivity contribution in [1.29, 1.82) is 0 Å². The molecule has 1 unspecified atom stereocenters. The molecule has 0 aromatic carbocycles. The minimum atomic E-state index is 0.0186. The molecule has 0 saturated carbocycles. The van der Waals surface area contributed by atoms with Gasteiger partial charge in [-0.3, -0.25) is 4.79 Å². The fourth-order valence-corrected chi connectivity index (χ4v) is 2.56. The van der Waals surface area contributed by atoms with Gasteiger partial charge in [0.2, 0.25) is 5.91 Å². The summed E-state index contributed by atoms with van der Waals surface area (Å²) in [5, 5.41) is 11.9. The molecule has 0 bridgehead atoms. The maximum atomic E-state index is 11.6. The normalized spacial score (nSPS) is 17.9. The predicted molar refractivity (Wildman–Crippen MR) is 83.0 cm³/mol. The highest BCUT2D eigenvalue weighted by Gasteiger charge is 2.30. The van der Waals surface area contributed by atoms with Gasteiger partial charge in [-0.05, 0) is 25.0 Å². The van der Waals surface area contributed by atoms with Gasteiger partial charge >= 0.3 is 0 Å². The highest BCUT2D eigenvalue weighted by Crippen LogP contribution is 2.28.